The van der Waals surface area contributed by atoms with E-state index in [0.717, 1.165) is 0 Å². The van der Waals surface area contributed by atoms with Gasteiger partial charge in [0.25, 0.3) is 5.91 Å². The molecular formula is C11H14BrFN2O. The van der Waals surface area contributed by atoms with Crippen molar-refractivity contribution in [2.75, 3.05) is 6.54 Å². The third-order valence-electron chi connectivity index (χ3n) is 1.90. The molecule has 3 nitrogen and oxygen atoms in total. The van der Waals surface area contributed by atoms with E-state index in [0.29, 0.717) is 6.54 Å². The molecule has 0 bridgehead atoms. The lowest BCUT2D eigenvalue weighted by atomic mass is 10.1. The third kappa shape index (κ3) is 3.57. The molecule has 16 heavy (non-hydrogen) atoms. The molecule has 88 valence electrons. The van der Waals surface area contributed by atoms with Crippen LogP contribution >= 0.6 is 15.9 Å². The van der Waals surface area contributed by atoms with Gasteiger partial charge in [-0.05, 0) is 41.9 Å². The second-order valence-corrected chi connectivity index (χ2v) is 5.07. The number of amides is 1. The van der Waals surface area contributed by atoms with Gasteiger partial charge < -0.3 is 11.1 Å². The first kappa shape index (κ1) is 13.1. The van der Waals surface area contributed by atoms with Crippen molar-refractivity contribution in [1.82, 2.24) is 5.32 Å². The second-order valence-electron chi connectivity index (χ2n) is 4.27. The van der Waals surface area contributed by atoms with Crippen LogP contribution < -0.4 is 11.1 Å². The summed E-state index contributed by atoms with van der Waals surface area (Å²) in [5, 5.41) is 2.65. The maximum absolute atomic E-state index is 13.2. The highest BCUT2D eigenvalue weighted by Crippen LogP contribution is 2.20. The minimum absolute atomic E-state index is 0.169. The largest absolute Gasteiger partial charge is 0.350 e. The molecule has 0 aromatic heterocycles. The number of nitrogens with one attached hydrogen (secondary N) is 1. The fourth-order valence-electron chi connectivity index (χ4n) is 1.08. The SMILES string of the molecule is CC(C)(N)CNC(=O)c1cccc(F)c1Br. The summed E-state index contributed by atoms with van der Waals surface area (Å²) in [5.74, 6) is -0.801. The Morgan fingerprint density at radius 3 is 2.75 bits per heavy atom. The summed E-state index contributed by atoms with van der Waals surface area (Å²) in [4.78, 5) is 11.7. The predicted octanol–water partition coefficient (Wildman–Crippen LogP) is 2.06. The van der Waals surface area contributed by atoms with Crippen LogP contribution in [-0.2, 0) is 0 Å². The van der Waals surface area contributed by atoms with Crippen LogP contribution in [0.15, 0.2) is 22.7 Å². The summed E-state index contributed by atoms with van der Waals surface area (Å²) >= 11 is 3.03. The van der Waals surface area contributed by atoms with Gasteiger partial charge in [0.1, 0.15) is 5.82 Å². The maximum Gasteiger partial charge on any atom is 0.252 e. The number of hydrogen-bond donors (Lipinski definition) is 2. The zero-order chi connectivity index (χ0) is 12.3. The molecule has 1 aromatic carbocycles. The van der Waals surface area contributed by atoms with Crippen molar-refractivity contribution in [2.24, 2.45) is 5.73 Å². The van der Waals surface area contributed by atoms with Crippen molar-refractivity contribution >= 4 is 21.8 Å². The molecule has 0 radical (unpaired) electrons. The minimum atomic E-state index is -0.491. The average molecular weight is 289 g/mol. The number of benzene rings is 1. The molecule has 1 aromatic rings. The van der Waals surface area contributed by atoms with Gasteiger partial charge in [-0.2, -0.15) is 0 Å². The van der Waals surface area contributed by atoms with Crippen molar-refractivity contribution in [1.29, 1.82) is 0 Å². The lowest BCUT2D eigenvalue weighted by Gasteiger charge is -2.19. The van der Waals surface area contributed by atoms with E-state index in [2.05, 4.69) is 21.2 Å². The molecule has 0 fully saturated rings. The van der Waals surface area contributed by atoms with Gasteiger partial charge in [-0.3, -0.25) is 4.79 Å². The van der Waals surface area contributed by atoms with Gasteiger partial charge in [0, 0.05) is 12.1 Å². The minimum Gasteiger partial charge on any atom is -0.350 e. The smallest absolute Gasteiger partial charge is 0.252 e. The molecule has 0 spiro atoms. The van der Waals surface area contributed by atoms with Crippen LogP contribution in [0.3, 0.4) is 0 Å². The molecule has 0 saturated carbocycles. The van der Waals surface area contributed by atoms with E-state index in [4.69, 9.17) is 5.73 Å². The molecule has 5 heteroatoms. The zero-order valence-electron chi connectivity index (χ0n) is 9.18. The summed E-state index contributed by atoms with van der Waals surface area (Å²) in [7, 11) is 0. The summed E-state index contributed by atoms with van der Waals surface area (Å²) < 4.78 is 13.3. The van der Waals surface area contributed by atoms with Crippen LogP contribution in [0.1, 0.15) is 24.2 Å². The predicted molar refractivity (Wildman–Crippen MR) is 64.7 cm³/mol. The van der Waals surface area contributed by atoms with Crippen molar-refractivity contribution in [3.05, 3.63) is 34.1 Å². The first-order valence-electron chi connectivity index (χ1n) is 4.82. The Labute approximate surface area is 102 Å². The fourth-order valence-corrected chi connectivity index (χ4v) is 1.53. The number of nitrogens with two attached hydrogens (primary N) is 1. The van der Waals surface area contributed by atoms with Crippen molar-refractivity contribution in [2.45, 2.75) is 19.4 Å². The van der Waals surface area contributed by atoms with Crippen LogP contribution in [-0.4, -0.2) is 18.0 Å². The van der Waals surface area contributed by atoms with Crippen LogP contribution in [0.2, 0.25) is 0 Å². The molecular weight excluding hydrogens is 275 g/mol. The molecule has 0 unspecified atom stereocenters. The number of carbonyl (C=O) groups is 1. The molecule has 0 saturated heterocycles. The lowest BCUT2D eigenvalue weighted by Crippen LogP contribution is -2.45. The van der Waals surface area contributed by atoms with Gasteiger partial charge in [0.15, 0.2) is 0 Å². The molecule has 1 amide bonds. The quantitative estimate of drug-likeness (QED) is 0.895. The second kappa shape index (κ2) is 4.93. The first-order valence-corrected chi connectivity index (χ1v) is 5.61. The molecule has 0 atom stereocenters. The van der Waals surface area contributed by atoms with Gasteiger partial charge in [0.2, 0.25) is 0 Å². The number of hydrogen-bond acceptors (Lipinski definition) is 2. The zero-order valence-corrected chi connectivity index (χ0v) is 10.8. The van der Waals surface area contributed by atoms with E-state index < -0.39 is 11.4 Å². The van der Waals surface area contributed by atoms with Gasteiger partial charge in [-0.25, -0.2) is 4.39 Å². The molecule has 1 rings (SSSR count). The van der Waals surface area contributed by atoms with Crippen molar-refractivity contribution in [3.8, 4) is 0 Å². The normalized spacial score (nSPS) is 11.3. The third-order valence-corrected chi connectivity index (χ3v) is 2.71. The van der Waals surface area contributed by atoms with Crippen LogP contribution in [0, 0.1) is 5.82 Å². The van der Waals surface area contributed by atoms with E-state index in [1.54, 1.807) is 19.9 Å². The monoisotopic (exact) mass is 288 g/mol. The summed E-state index contributed by atoms with van der Waals surface area (Å²) in [6.07, 6.45) is 0. The van der Waals surface area contributed by atoms with Crippen LogP contribution in [0.4, 0.5) is 4.39 Å². The first-order chi connectivity index (χ1) is 7.31. The standard InChI is InChI=1S/C11H14BrFN2O/c1-11(2,14)6-15-10(16)7-4-3-5-8(13)9(7)12/h3-5H,6,14H2,1-2H3,(H,15,16). The molecule has 3 N–H and O–H groups in total. The van der Waals surface area contributed by atoms with E-state index >= 15 is 0 Å². The summed E-state index contributed by atoms with van der Waals surface area (Å²) in [5.41, 5.74) is 5.51. The highest BCUT2D eigenvalue weighted by molar-refractivity contribution is 9.10. The summed E-state index contributed by atoms with van der Waals surface area (Å²) in [6.45, 7) is 3.93. The van der Waals surface area contributed by atoms with Gasteiger partial charge in [0.05, 0.1) is 10.0 Å². The highest BCUT2D eigenvalue weighted by Gasteiger charge is 2.16. The Kier molecular flexibility index (Phi) is 4.04. The Morgan fingerprint density at radius 1 is 1.56 bits per heavy atom. The van der Waals surface area contributed by atoms with Crippen molar-refractivity contribution < 1.29 is 9.18 Å². The van der Waals surface area contributed by atoms with E-state index in [1.807, 2.05) is 0 Å². The van der Waals surface area contributed by atoms with E-state index in [-0.39, 0.29) is 15.9 Å². The molecule has 0 aliphatic heterocycles. The number of rotatable bonds is 3. The lowest BCUT2D eigenvalue weighted by molar-refractivity contribution is 0.0944. The Bertz CT molecular complexity index is 401. The van der Waals surface area contributed by atoms with Gasteiger partial charge in [-0.15, -0.1) is 0 Å². The molecule has 0 aliphatic carbocycles. The average Bonchev–Trinajstić information content (AvgIpc) is 2.17. The Balaban J connectivity index is 2.78. The van der Waals surface area contributed by atoms with E-state index in [9.17, 15) is 9.18 Å². The molecule has 0 heterocycles. The van der Waals surface area contributed by atoms with Gasteiger partial charge >= 0.3 is 0 Å². The Morgan fingerprint density at radius 2 is 2.19 bits per heavy atom. The summed E-state index contributed by atoms with van der Waals surface area (Å²) in [6, 6.07) is 4.32. The van der Waals surface area contributed by atoms with Crippen LogP contribution in [0.25, 0.3) is 0 Å². The number of carbonyl (C=O) groups excluding carboxylic acids is 1. The van der Waals surface area contributed by atoms with Crippen LogP contribution in [0.5, 0.6) is 0 Å². The number of halogens is 2. The van der Waals surface area contributed by atoms with E-state index in [1.165, 1.54) is 12.1 Å². The van der Waals surface area contributed by atoms with Gasteiger partial charge in [-0.1, -0.05) is 6.07 Å². The fraction of sp³-hybridized carbons (Fsp3) is 0.364. The highest BCUT2D eigenvalue weighted by atomic mass is 79.9. The Hall–Kier alpha value is -0.940. The maximum atomic E-state index is 13.2. The topological polar surface area (TPSA) is 55.1 Å². The van der Waals surface area contributed by atoms with Crippen molar-refractivity contribution in [3.63, 3.8) is 0 Å². The molecule has 0 aliphatic rings.